The second-order valence-corrected chi connectivity index (χ2v) is 5.84. The van der Waals surface area contributed by atoms with Crippen LogP contribution in [0.15, 0.2) is 67.1 Å². The molecule has 5 nitrogen and oxygen atoms in total. The summed E-state index contributed by atoms with van der Waals surface area (Å²) in [6.07, 6.45) is 5.67. The number of ether oxygens (including phenoxy) is 1. The van der Waals surface area contributed by atoms with Gasteiger partial charge < -0.3 is 14.4 Å². The van der Waals surface area contributed by atoms with Crippen LogP contribution in [0.5, 0.6) is 5.75 Å². The summed E-state index contributed by atoms with van der Waals surface area (Å²) in [5, 5.41) is 9.43. The molecule has 0 aliphatic rings. The molecule has 2 heterocycles. The fourth-order valence-electron chi connectivity index (χ4n) is 2.94. The Hall–Kier alpha value is -2.63. The van der Waals surface area contributed by atoms with Crippen LogP contribution in [0.1, 0.15) is 11.3 Å². The number of aliphatic hydroxyl groups is 1. The normalized spacial score (nSPS) is 11.0. The lowest BCUT2D eigenvalue weighted by molar-refractivity contribution is 0.182. The maximum Gasteiger partial charge on any atom is 0.142 e. The Morgan fingerprint density at radius 2 is 1.96 bits per heavy atom. The van der Waals surface area contributed by atoms with Gasteiger partial charge in [-0.15, -0.1) is 0 Å². The zero-order valence-electron chi connectivity index (χ0n) is 14.4. The van der Waals surface area contributed by atoms with Crippen molar-refractivity contribution in [2.24, 2.45) is 0 Å². The van der Waals surface area contributed by atoms with Gasteiger partial charge in [-0.3, -0.25) is 9.88 Å². The monoisotopic (exact) mass is 337 g/mol. The molecule has 3 aromatic rings. The predicted octanol–water partition coefficient (Wildman–Crippen LogP) is 2.88. The molecule has 130 valence electrons. The summed E-state index contributed by atoms with van der Waals surface area (Å²) >= 11 is 0. The number of aliphatic hydroxyl groups excluding tert-OH is 1. The van der Waals surface area contributed by atoms with Crippen LogP contribution >= 0.6 is 0 Å². The molecule has 0 spiro atoms. The van der Waals surface area contributed by atoms with E-state index in [2.05, 4.69) is 26.6 Å². The Morgan fingerprint density at radius 1 is 1.08 bits per heavy atom. The Morgan fingerprint density at radius 3 is 2.72 bits per heavy atom. The van der Waals surface area contributed by atoms with Gasteiger partial charge >= 0.3 is 0 Å². The van der Waals surface area contributed by atoms with Gasteiger partial charge in [0.15, 0.2) is 0 Å². The van der Waals surface area contributed by atoms with E-state index in [1.807, 2.05) is 48.8 Å². The van der Waals surface area contributed by atoms with Crippen LogP contribution in [0.25, 0.3) is 5.69 Å². The zero-order chi connectivity index (χ0) is 17.5. The van der Waals surface area contributed by atoms with Crippen LogP contribution in [-0.2, 0) is 13.1 Å². The molecule has 0 radical (unpaired) electrons. The predicted molar refractivity (Wildman–Crippen MR) is 97.8 cm³/mol. The summed E-state index contributed by atoms with van der Waals surface area (Å²) in [4.78, 5) is 6.38. The highest BCUT2D eigenvalue weighted by Gasteiger charge is 2.12. The molecule has 2 aromatic heterocycles. The van der Waals surface area contributed by atoms with Crippen molar-refractivity contribution < 1.29 is 9.84 Å². The maximum atomic E-state index is 9.43. The fraction of sp³-hybridized carbons (Fsp3) is 0.250. The van der Waals surface area contributed by atoms with Crippen LogP contribution in [0.4, 0.5) is 0 Å². The largest absolute Gasteiger partial charge is 0.495 e. The minimum atomic E-state index is 0.121. The number of rotatable bonds is 8. The van der Waals surface area contributed by atoms with E-state index in [4.69, 9.17) is 4.74 Å². The Kier molecular flexibility index (Phi) is 5.82. The summed E-state index contributed by atoms with van der Waals surface area (Å²) in [7, 11) is 1.68. The maximum absolute atomic E-state index is 9.43. The van der Waals surface area contributed by atoms with E-state index in [0.717, 1.165) is 35.8 Å². The van der Waals surface area contributed by atoms with Gasteiger partial charge in [-0.25, -0.2) is 0 Å². The number of hydrogen-bond acceptors (Lipinski definition) is 4. The van der Waals surface area contributed by atoms with E-state index in [1.165, 1.54) is 0 Å². The van der Waals surface area contributed by atoms with Gasteiger partial charge in [0.05, 0.1) is 19.4 Å². The first-order valence-electron chi connectivity index (χ1n) is 8.33. The first-order chi connectivity index (χ1) is 12.3. The zero-order valence-corrected chi connectivity index (χ0v) is 14.4. The molecule has 3 rings (SSSR count). The second-order valence-electron chi connectivity index (χ2n) is 5.84. The van der Waals surface area contributed by atoms with Gasteiger partial charge in [-0.1, -0.05) is 18.2 Å². The Balaban J connectivity index is 1.83. The highest BCUT2D eigenvalue weighted by Crippen LogP contribution is 2.24. The number of pyridine rings is 1. The van der Waals surface area contributed by atoms with E-state index in [-0.39, 0.29) is 6.61 Å². The van der Waals surface area contributed by atoms with E-state index in [1.54, 1.807) is 13.3 Å². The van der Waals surface area contributed by atoms with Gasteiger partial charge in [-0.2, -0.15) is 0 Å². The molecule has 0 unspecified atom stereocenters. The number of para-hydroxylation sites is 2. The highest BCUT2D eigenvalue weighted by atomic mass is 16.5. The summed E-state index contributed by atoms with van der Waals surface area (Å²) in [5.41, 5.74) is 3.28. The topological polar surface area (TPSA) is 50.5 Å². The van der Waals surface area contributed by atoms with Crippen molar-refractivity contribution in [3.63, 3.8) is 0 Å². The van der Waals surface area contributed by atoms with Crippen molar-refractivity contribution in [1.29, 1.82) is 0 Å². The highest BCUT2D eigenvalue weighted by molar-refractivity contribution is 5.48. The summed E-state index contributed by atoms with van der Waals surface area (Å²) in [6.45, 7) is 2.19. The van der Waals surface area contributed by atoms with E-state index in [0.29, 0.717) is 6.54 Å². The average Bonchev–Trinajstić information content (AvgIpc) is 3.10. The minimum Gasteiger partial charge on any atom is -0.495 e. The van der Waals surface area contributed by atoms with Crippen LogP contribution in [-0.4, -0.2) is 39.8 Å². The molecular formula is C20H23N3O2. The van der Waals surface area contributed by atoms with Crippen molar-refractivity contribution in [1.82, 2.24) is 14.5 Å². The number of aromatic nitrogens is 2. The average molecular weight is 337 g/mol. The summed E-state index contributed by atoms with van der Waals surface area (Å²) in [6, 6.07) is 16.1. The second kappa shape index (κ2) is 8.46. The Labute approximate surface area is 148 Å². The van der Waals surface area contributed by atoms with Crippen molar-refractivity contribution in [3.8, 4) is 11.4 Å². The third kappa shape index (κ3) is 4.26. The van der Waals surface area contributed by atoms with Gasteiger partial charge in [-0.05, 0) is 35.9 Å². The van der Waals surface area contributed by atoms with Crippen molar-refractivity contribution in [3.05, 3.63) is 78.4 Å². The molecule has 1 aromatic carbocycles. The molecule has 0 aliphatic heterocycles. The van der Waals surface area contributed by atoms with Crippen molar-refractivity contribution in [2.45, 2.75) is 13.1 Å². The molecule has 1 N–H and O–H groups in total. The lowest BCUT2D eigenvalue weighted by atomic mass is 10.2. The minimum absolute atomic E-state index is 0.121. The number of benzene rings is 1. The van der Waals surface area contributed by atoms with E-state index >= 15 is 0 Å². The van der Waals surface area contributed by atoms with Crippen LogP contribution < -0.4 is 4.74 Å². The van der Waals surface area contributed by atoms with Crippen LogP contribution in [0, 0.1) is 0 Å². The molecule has 0 saturated heterocycles. The standard InChI is InChI=1S/C20H23N3O2/c1-25-20-9-3-2-8-19(20)23-11-5-7-18(23)16-22(12-13-24)15-17-6-4-10-21-14-17/h2-11,14,24H,12-13,15-16H2,1H3. The molecular weight excluding hydrogens is 314 g/mol. The van der Waals surface area contributed by atoms with Crippen LogP contribution in [0.3, 0.4) is 0 Å². The smallest absolute Gasteiger partial charge is 0.142 e. The van der Waals surface area contributed by atoms with Gasteiger partial charge in [0.25, 0.3) is 0 Å². The molecule has 0 bridgehead atoms. The lowest BCUT2D eigenvalue weighted by Crippen LogP contribution is -2.27. The van der Waals surface area contributed by atoms with Crippen LogP contribution in [0.2, 0.25) is 0 Å². The van der Waals surface area contributed by atoms with Gasteiger partial charge in [0.2, 0.25) is 0 Å². The summed E-state index contributed by atoms with van der Waals surface area (Å²) in [5.74, 6) is 0.834. The summed E-state index contributed by atoms with van der Waals surface area (Å²) < 4.78 is 7.62. The fourth-order valence-corrected chi connectivity index (χ4v) is 2.94. The molecule has 0 amide bonds. The number of methoxy groups -OCH3 is 1. The lowest BCUT2D eigenvalue weighted by Gasteiger charge is -2.22. The van der Waals surface area contributed by atoms with E-state index in [9.17, 15) is 5.11 Å². The molecule has 5 heteroatoms. The molecule has 0 aliphatic carbocycles. The van der Waals surface area contributed by atoms with Gasteiger partial charge in [0, 0.05) is 43.9 Å². The molecule has 0 atom stereocenters. The van der Waals surface area contributed by atoms with Gasteiger partial charge in [0.1, 0.15) is 5.75 Å². The third-order valence-electron chi connectivity index (χ3n) is 4.11. The third-order valence-corrected chi connectivity index (χ3v) is 4.11. The van der Waals surface area contributed by atoms with Crippen molar-refractivity contribution in [2.75, 3.05) is 20.3 Å². The number of nitrogens with zero attached hydrogens (tertiary/aromatic N) is 3. The van der Waals surface area contributed by atoms with Crippen molar-refractivity contribution >= 4 is 0 Å². The first kappa shape index (κ1) is 17.2. The quantitative estimate of drug-likeness (QED) is 0.687. The Bertz CT molecular complexity index is 786. The number of hydrogen-bond donors (Lipinski definition) is 1. The first-order valence-corrected chi connectivity index (χ1v) is 8.33. The molecule has 0 fully saturated rings. The SMILES string of the molecule is COc1ccccc1-n1cccc1CN(CCO)Cc1cccnc1. The molecule has 0 saturated carbocycles. The van der Waals surface area contributed by atoms with E-state index < -0.39 is 0 Å². The molecule has 25 heavy (non-hydrogen) atoms.